The molecule has 0 unspecified atom stereocenters. The van der Waals surface area contributed by atoms with E-state index < -0.39 is 0 Å². The van der Waals surface area contributed by atoms with Gasteiger partial charge in [-0.15, -0.1) is 11.8 Å². The average Bonchev–Trinajstić information content (AvgIpc) is 2.88. The monoisotopic (exact) mass is 427 g/mol. The second-order valence-electron chi connectivity index (χ2n) is 7.19. The number of hydrogen-bond acceptors (Lipinski definition) is 4. The molecule has 1 aromatic heterocycles. The Kier molecular flexibility index (Phi) is 5.56. The lowest BCUT2D eigenvalue weighted by Gasteiger charge is -2.17. The van der Waals surface area contributed by atoms with E-state index in [9.17, 15) is 4.79 Å². The Morgan fingerprint density at radius 2 is 1.93 bits per heavy atom. The summed E-state index contributed by atoms with van der Waals surface area (Å²) in [7, 11) is 0. The van der Waals surface area contributed by atoms with Crippen molar-refractivity contribution in [3.8, 4) is 11.4 Å². The molecule has 0 fully saturated rings. The lowest BCUT2D eigenvalue weighted by molar-refractivity contribution is -0.113. The molecule has 4 rings (SSSR count). The standard InChI is InChI=1S/C22H22ClN3O2S/c1-13(2)28-16-10-8-15(9-11-16)21-20-14(3)25-26(18-7-5-4-6-17(18)23)22(20)24-19(27)12-29-21/h4-11,13,21H,12H2,1-3H3,(H,24,27)/t21-/m0/s1. The van der Waals surface area contributed by atoms with Gasteiger partial charge in [-0.2, -0.15) is 5.10 Å². The number of hydrogen-bond donors (Lipinski definition) is 1. The number of carbonyl (C=O) groups excluding carboxylic acids is 1. The number of nitrogens with one attached hydrogen (secondary N) is 1. The Morgan fingerprint density at radius 3 is 2.62 bits per heavy atom. The van der Waals surface area contributed by atoms with Gasteiger partial charge in [0.05, 0.1) is 33.5 Å². The molecule has 1 aliphatic rings. The van der Waals surface area contributed by atoms with Crippen LogP contribution in [0.15, 0.2) is 48.5 Å². The summed E-state index contributed by atoms with van der Waals surface area (Å²) in [5, 5.41) is 8.30. The number of para-hydroxylation sites is 1. The first kappa shape index (κ1) is 19.9. The van der Waals surface area contributed by atoms with Crippen molar-refractivity contribution in [2.45, 2.75) is 32.1 Å². The highest BCUT2D eigenvalue weighted by molar-refractivity contribution is 8.00. The van der Waals surface area contributed by atoms with Crippen molar-refractivity contribution in [2.24, 2.45) is 0 Å². The predicted octanol–water partition coefficient (Wildman–Crippen LogP) is 5.40. The molecule has 0 spiro atoms. The summed E-state index contributed by atoms with van der Waals surface area (Å²) in [6, 6.07) is 15.6. The fourth-order valence-corrected chi connectivity index (χ4v) is 4.84. The van der Waals surface area contributed by atoms with E-state index in [2.05, 4.69) is 17.4 Å². The molecule has 0 radical (unpaired) electrons. The molecule has 7 heteroatoms. The number of ether oxygens (including phenoxy) is 1. The fourth-order valence-electron chi connectivity index (χ4n) is 3.44. The average molecular weight is 428 g/mol. The van der Waals surface area contributed by atoms with Gasteiger partial charge in [-0.1, -0.05) is 35.9 Å². The minimum Gasteiger partial charge on any atom is -0.491 e. The number of halogens is 1. The Hall–Kier alpha value is -2.44. The summed E-state index contributed by atoms with van der Waals surface area (Å²) in [6.45, 7) is 5.98. The molecular weight excluding hydrogens is 406 g/mol. The maximum absolute atomic E-state index is 12.4. The number of nitrogens with zero attached hydrogens (tertiary/aromatic N) is 2. The van der Waals surface area contributed by atoms with Crippen molar-refractivity contribution in [3.05, 3.63) is 70.4 Å². The normalized spacial score (nSPS) is 16.3. The topological polar surface area (TPSA) is 56.2 Å². The van der Waals surface area contributed by atoms with Crippen LogP contribution < -0.4 is 10.1 Å². The SMILES string of the molecule is Cc1nn(-c2ccccc2Cl)c2c1[C@H](c1ccc(OC(C)C)cc1)SCC(=O)N2. The van der Waals surface area contributed by atoms with Crippen LogP contribution in [0.3, 0.4) is 0 Å². The number of rotatable bonds is 4. The number of thioether (sulfide) groups is 1. The summed E-state index contributed by atoms with van der Waals surface area (Å²) in [5.41, 5.74) is 3.70. The molecule has 0 saturated heterocycles. The van der Waals surface area contributed by atoms with Crippen molar-refractivity contribution in [1.82, 2.24) is 9.78 Å². The summed E-state index contributed by atoms with van der Waals surface area (Å²) < 4.78 is 7.50. The molecule has 1 aliphatic heterocycles. The maximum Gasteiger partial charge on any atom is 0.235 e. The summed E-state index contributed by atoms with van der Waals surface area (Å²) in [5.74, 6) is 1.83. The summed E-state index contributed by atoms with van der Waals surface area (Å²) >= 11 is 8.00. The van der Waals surface area contributed by atoms with Gasteiger partial charge in [0.25, 0.3) is 0 Å². The predicted molar refractivity (Wildman–Crippen MR) is 118 cm³/mol. The van der Waals surface area contributed by atoms with Crippen LogP contribution in [-0.2, 0) is 4.79 Å². The van der Waals surface area contributed by atoms with E-state index in [1.54, 1.807) is 16.4 Å². The van der Waals surface area contributed by atoms with Crippen LogP contribution in [-0.4, -0.2) is 27.5 Å². The number of anilines is 1. The molecule has 0 saturated carbocycles. The van der Waals surface area contributed by atoms with Crippen LogP contribution in [0.2, 0.25) is 5.02 Å². The number of fused-ring (bicyclic) bond motifs is 1. The van der Waals surface area contributed by atoms with Crippen molar-refractivity contribution in [2.75, 3.05) is 11.1 Å². The van der Waals surface area contributed by atoms with E-state index in [1.807, 2.05) is 57.2 Å². The van der Waals surface area contributed by atoms with Crippen molar-refractivity contribution >= 4 is 35.1 Å². The van der Waals surface area contributed by atoms with E-state index in [0.717, 1.165) is 28.3 Å². The third-order valence-electron chi connectivity index (χ3n) is 4.64. The van der Waals surface area contributed by atoms with Crippen LogP contribution in [0.1, 0.15) is 35.9 Å². The number of aryl methyl sites for hydroxylation is 1. The Labute approximate surface area is 179 Å². The number of carbonyl (C=O) groups is 1. The van der Waals surface area contributed by atoms with Gasteiger partial charge in [0.15, 0.2) is 0 Å². The van der Waals surface area contributed by atoms with Crippen LogP contribution >= 0.6 is 23.4 Å². The third-order valence-corrected chi connectivity index (χ3v) is 6.23. The van der Waals surface area contributed by atoms with Crippen LogP contribution in [0.25, 0.3) is 5.69 Å². The van der Waals surface area contributed by atoms with E-state index in [1.165, 1.54) is 0 Å². The molecule has 150 valence electrons. The minimum absolute atomic E-state index is 0.0201. The van der Waals surface area contributed by atoms with Gasteiger partial charge in [0.1, 0.15) is 11.6 Å². The largest absolute Gasteiger partial charge is 0.491 e. The molecule has 5 nitrogen and oxygen atoms in total. The zero-order valence-corrected chi connectivity index (χ0v) is 18.1. The highest BCUT2D eigenvalue weighted by Crippen LogP contribution is 2.44. The van der Waals surface area contributed by atoms with E-state index >= 15 is 0 Å². The number of benzene rings is 2. The van der Waals surface area contributed by atoms with E-state index in [-0.39, 0.29) is 17.3 Å². The van der Waals surface area contributed by atoms with Gasteiger partial charge in [-0.25, -0.2) is 4.68 Å². The second-order valence-corrected chi connectivity index (χ2v) is 8.69. The molecule has 0 bridgehead atoms. The zero-order chi connectivity index (χ0) is 20.5. The summed E-state index contributed by atoms with van der Waals surface area (Å²) in [6.07, 6.45) is 0.123. The van der Waals surface area contributed by atoms with E-state index in [0.29, 0.717) is 16.6 Å². The molecule has 1 amide bonds. The molecule has 1 atom stereocenters. The Bertz CT molecular complexity index is 1050. The van der Waals surface area contributed by atoms with Crippen LogP contribution in [0, 0.1) is 6.92 Å². The van der Waals surface area contributed by atoms with Crippen LogP contribution in [0.4, 0.5) is 5.82 Å². The lowest BCUT2D eigenvalue weighted by Crippen LogP contribution is -2.16. The van der Waals surface area contributed by atoms with Gasteiger partial charge in [0, 0.05) is 5.56 Å². The van der Waals surface area contributed by atoms with Crippen LogP contribution in [0.5, 0.6) is 5.75 Å². The minimum atomic E-state index is -0.0493. The van der Waals surface area contributed by atoms with Gasteiger partial charge < -0.3 is 10.1 Å². The molecule has 2 heterocycles. The zero-order valence-electron chi connectivity index (χ0n) is 16.5. The Morgan fingerprint density at radius 1 is 1.21 bits per heavy atom. The molecule has 2 aromatic carbocycles. The number of aromatic nitrogens is 2. The molecule has 1 N–H and O–H groups in total. The highest BCUT2D eigenvalue weighted by Gasteiger charge is 2.31. The van der Waals surface area contributed by atoms with Crippen molar-refractivity contribution in [1.29, 1.82) is 0 Å². The van der Waals surface area contributed by atoms with Gasteiger partial charge >= 0.3 is 0 Å². The lowest BCUT2D eigenvalue weighted by atomic mass is 10.0. The quantitative estimate of drug-likeness (QED) is 0.606. The fraction of sp³-hybridized carbons (Fsp3) is 0.273. The van der Waals surface area contributed by atoms with Gasteiger partial charge in [0.2, 0.25) is 5.91 Å². The van der Waals surface area contributed by atoms with Gasteiger partial charge in [-0.3, -0.25) is 4.79 Å². The Balaban J connectivity index is 1.80. The van der Waals surface area contributed by atoms with Gasteiger partial charge in [-0.05, 0) is 50.6 Å². The summed E-state index contributed by atoms with van der Waals surface area (Å²) in [4.78, 5) is 12.4. The molecular formula is C22H22ClN3O2S. The highest BCUT2D eigenvalue weighted by atomic mass is 35.5. The first-order valence-electron chi connectivity index (χ1n) is 9.46. The molecule has 0 aliphatic carbocycles. The molecule has 29 heavy (non-hydrogen) atoms. The second kappa shape index (κ2) is 8.13. The van der Waals surface area contributed by atoms with Crippen molar-refractivity contribution in [3.63, 3.8) is 0 Å². The first-order chi connectivity index (χ1) is 13.9. The number of amides is 1. The smallest absolute Gasteiger partial charge is 0.235 e. The first-order valence-corrected chi connectivity index (χ1v) is 10.9. The molecule has 3 aromatic rings. The maximum atomic E-state index is 12.4. The van der Waals surface area contributed by atoms with E-state index in [4.69, 9.17) is 21.4 Å². The van der Waals surface area contributed by atoms with Crippen molar-refractivity contribution < 1.29 is 9.53 Å². The third kappa shape index (κ3) is 4.00.